The molecule has 1 aromatic carbocycles. The SMILES string of the molecule is C[N+](C)(C)c1ccc(CC(=O)O)cc1. The number of aliphatic carboxylic acids is 1. The highest BCUT2D eigenvalue weighted by Gasteiger charge is 2.11. The minimum Gasteiger partial charge on any atom is -0.481 e. The van der Waals surface area contributed by atoms with Crippen LogP contribution in [0.3, 0.4) is 0 Å². The van der Waals surface area contributed by atoms with Crippen molar-refractivity contribution in [1.82, 2.24) is 4.48 Å². The lowest BCUT2D eigenvalue weighted by Gasteiger charge is -2.23. The maximum Gasteiger partial charge on any atom is 0.307 e. The number of nitrogens with zero attached hydrogens (tertiary/aromatic N) is 1. The van der Waals surface area contributed by atoms with E-state index in [0.717, 1.165) is 10.0 Å². The van der Waals surface area contributed by atoms with Gasteiger partial charge in [-0.1, -0.05) is 12.1 Å². The zero-order valence-corrected chi connectivity index (χ0v) is 8.82. The molecule has 1 rings (SSSR count). The lowest BCUT2D eigenvalue weighted by Crippen LogP contribution is -2.34. The first-order valence-corrected chi connectivity index (χ1v) is 4.52. The number of hydrogen-bond acceptors (Lipinski definition) is 1. The van der Waals surface area contributed by atoms with Gasteiger partial charge in [0.2, 0.25) is 0 Å². The van der Waals surface area contributed by atoms with Crippen molar-refractivity contribution in [2.24, 2.45) is 0 Å². The summed E-state index contributed by atoms with van der Waals surface area (Å²) < 4.78 is 0.743. The summed E-state index contributed by atoms with van der Waals surface area (Å²) in [6.07, 6.45) is 0.0947. The van der Waals surface area contributed by atoms with Crippen LogP contribution in [0.2, 0.25) is 0 Å². The zero-order chi connectivity index (χ0) is 10.8. The van der Waals surface area contributed by atoms with Crippen LogP contribution in [-0.4, -0.2) is 32.2 Å². The Kier molecular flexibility index (Phi) is 2.91. The van der Waals surface area contributed by atoms with Crippen molar-refractivity contribution in [3.63, 3.8) is 0 Å². The molecule has 0 radical (unpaired) electrons. The molecule has 76 valence electrons. The van der Waals surface area contributed by atoms with E-state index in [2.05, 4.69) is 21.1 Å². The third-order valence-electron chi connectivity index (χ3n) is 2.07. The van der Waals surface area contributed by atoms with Gasteiger partial charge in [0.15, 0.2) is 0 Å². The molecule has 0 bridgehead atoms. The molecule has 3 nitrogen and oxygen atoms in total. The van der Waals surface area contributed by atoms with Gasteiger partial charge in [-0.3, -0.25) is 9.28 Å². The smallest absolute Gasteiger partial charge is 0.307 e. The van der Waals surface area contributed by atoms with Gasteiger partial charge in [0, 0.05) is 0 Å². The van der Waals surface area contributed by atoms with E-state index < -0.39 is 5.97 Å². The van der Waals surface area contributed by atoms with Crippen LogP contribution in [0, 0.1) is 0 Å². The summed E-state index contributed by atoms with van der Waals surface area (Å²) in [4.78, 5) is 10.4. The Morgan fingerprint density at radius 2 is 1.71 bits per heavy atom. The summed E-state index contributed by atoms with van der Waals surface area (Å²) in [6.45, 7) is 0. The minimum atomic E-state index is -0.789. The second-order valence-corrected chi connectivity index (χ2v) is 4.25. The second kappa shape index (κ2) is 3.80. The molecule has 0 aliphatic rings. The standard InChI is InChI=1S/C11H15NO2/c1-12(2,3)10-6-4-9(5-7-10)8-11(13)14/h4-7H,8H2,1-3H3/p+1. The number of carboxylic acid groups (broad SMARTS) is 1. The quantitative estimate of drug-likeness (QED) is 0.740. The highest BCUT2D eigenvalue weighted by Crippen LogP contribution is 2.17. The molecule has 3 heteroatoms. The van der Waals surface area contributed by atoms with Crippen LogP contribution in [0.5, 0.6) is 0 Å². The van der Waals surface area contributed by atoms with E-state index in [-0.39, 0.29) is 6.42 Å². The highest BCUT2D eigenvalue weighted by atomic mass is 16.4. The van der Waals surface area contributed by atoms with Gasteiger partial charge in [0.1, 0.15) is 5.69 Å². The van der Waals surface area contributed by atoms with Crippen molar-refractivity contribution < 1.29 is 9.90 Å². The fraction of sp³-hybridized carbons (Fsp3) is 0.364. The van der Waals surface area contributed by atoms with Crippen LogP contribution >= 0.6 is 0 Å². The molecule has 0 aromatic heterocycles. The average Bonchev–Trinajstić information content (AvgIpc) is 2.02. The molecule has 0 spiro atoms. The van der Waals surface area contributed by atoms with E-state index in [4.69, 9.17) is 5.11 Å². The van der Waals surface area contributed by atoms with E-state index in [9.17, 15) is 4.79 Å². The maximum atomic E-state index is 10.4. The molecule has 1 aromatic rings. The van der Waals surface area contributed by atoms with Crippen molar-refractivity contribution in [2.75, 3.05) is 21.1 Å². The molecule has 0 heterocycles. The largest absolute Gasteiger partial charge is 0.481 e. The summed E-state index contributed by atoms with van der Waals surface area (Å²) >= 11 is 0. The van der Waals surface area contributed by atoms with Crippen LogP contribution in [0.1, 0.15) is 5.56 Å². The van der Waals surface area contributed by atoms with Gasteiger partial charge in [-0.05, 0) is 17.7 Å². The summed E-state index contributed by atoms with van der Waals surface area (Å²) in [5, 5.41) is 8.59. The third kappa shape index (κ3) is 2.85. The van der Waals surface area contributed by atoms with Crippen molar-refractivity contribution in [3.05, 3.63) is 29.8 Å². The zero-order valence-electron chi connectivity index (χ0n) is 8.82. The Hall–Kier alpha value is -1.35. The van der Waals surface area contributed by atoms with E-state index >= 15 is 0 Å². The molecule has 0 unspecified atom stereocenters. The van der Waals surface area contributed by atoms with Gasteiger partial charge < -0.3 is 5.11 Å². The van der Waals surface area contributed by atoms with E-state index in [1.54, 1.807) is 0 Å². The molecule has 1 N–H and O–H groups in total. The second-order valence-electron chi connectivity index (χ2n) is 4.25. The van der Waals surface area contributed by atoms with Gasteiger partial charge in [-0.2, -0.15) is 0 Å². The first-order chi connectivity index (χ1) is 6.39. The van der Waals surface area contributed by atoms with Gasteiger partial charge in [0.05, 0.1) is 27.6 Å². The Labute approximate surface area is 84.2 Å². The molecule has 0 aliphatic carbocycles. The fourth-order valence-corrected chi connectivity index (χ4v) is 1.24. The molecule has 14 heavy (non-hydrogen) atoms. The molecule has 0 fully saturated rings. The Balaban J connectivity index is 2.84. The fourth-order valence-electron chi connectivity index (χ4n) is 1.24. The lowest BCUT2D eigenvalue weighted by molar-refractivity contribution is -0.136. The Morgan fingerprint density at radius 3 is 2.07 bits per heavy atom. The number of hydrogen-bond donors (Lipinski definition) is 1. The topological polar surface area (TPSA) is 37.3 Å². The van der Waals surface area contributed by atoms with Gasteiger partial charge >= 0.3 is 5.97 Å². The van der Waals surface area contributed by atoms with Crippen molar-refractivity contribution in [1.29, 1.82) is 0 Å². The first kappa shape index (κ1) is 10.7. The number of quaternary nitrogens is 1. The van der Waals surface area contributed by atoms with Gasteiger partial charge in [0.25, 0.3) is 0 Å². The predicted molar refractivity (Wildman–Crippen MR) is 57.3 cm³/mol. The summed E-state index contributed by atoms with van der Waals surface area (Å²) in [6, 6.07) is 7.68. The molecule has 0 amide bonds. The van der Waals surface area contributed by atoms with Crippen molar-refractivity contribution >= 4 is 11.7 Å². The molecule has 0 aliphatic heterocycles. The van der Waals surface area contributed by atoms with Crippen LogP contribution in [0.25, 0.3) is 0 Å². The summed E-state index contributed by atoms with van der Waals surface area (Å²) in [5.74, 6) is -0.789. The first-order valence-electron chi connectivity index (χ1n) is 4.52. The predicted octanol–water partition coefficient (Wildman–Crippen LogP) is 1.51. The van der Waals surface area contributed by atoms with E-state index in [1.165, 1.54) is 5.69 Å². The average molecular weight is 194 g/mol. The van der Waals surface area contributed by atoms with Crippen LogP contribution < -0.4 is 4.48 Å². The summed E-state index contributed by atoms with van der Waals surface area (Å²) in [5.41, 5.74) is 2.01. The van der Waals surface area contributed by atoms with Gasteiger partial charge in [-0.25, -0.2) is 0 Å². The van der Waals surface area contributed by atoms with Crippen LogP contribution in [0.4, 0.5) is 5.69 Å². The molecular formula is C11H16NO2+. The molecular weight excluding hydrogens is 178 g/mol. The minimum absolute atomic E-state index is 0.0947. The number of rotatable bonds is 3. The molecule has 0 saturated carbocycles. The normalized spacial score (nSPS) is 11.4. The lowest BCUT2D eigenvalue weighted by atomic mass is 10.1. The number of carboxylic acids is 1. The summed E-state index contributed by atoms with van der Waals surface area (Å²) in [7, 11) is 6.23. The highest BCUT2D eigenvalue weighted by molar-refractivity contribution is 5.70. The van der Waals surface area contributed by atoms with Crippen LogP contribution in [0.15, 0.2) is 24.3 Å². The Morgan fingerprint density at radius 1 is 1.21 bits per heavy atom. The monoisotopic (exact) mass is 194 g/mol. The van der Waals surface area contributed by atoms with E-state index in [0.29, 0.717) is 0 Å². The number of carbonyl (C=O) groups is 1. The maximum absolute atomic E-state index is 10.4. The van der Waals surface area contributed by atoms with Crippen molar-refractivity contribution in [3.8, 4) is 0 Å². The molecule has 0 atom stereocenters. The number of benzene rings is 1. The third-order valence-corrected chi connectivity index (χ3v) is 2.07. The van der Waals surface area contributed by atoms with Crippen molar-refractivity contribution in [2.45, 2.75) is 6.42 Å². The molecule has 0 saturated heterocycles. The Bertz CT molecular complexity index is 322. The van der Waals surface area contributed by atoms with E-state index in [1.807, 2.05) is 24.3 Å². The van der Waals surface area contributed by atoms with Crippen LogP contribution in [-0.2, 0) is 11.2 Å². The van der Waals surface area contributed by atoms with Gasteiger partial charge in [-0.15, -0.1) is 0 Å².